The number of hydrogen-bond acceptors (Lipinski definition) is 4. The lowest BCUT2D eigenvalue weighted by atomic mass is 9.80. The Morgan fingerprint density at radius 2 is 1.64 bits per heavy atom. The Hall–Kier alpha value is -2.41. The number of benzene rings is 1. The van der Waals surface area contributed by atoms with Crippen molar-refractivity contribution >= 4 is 11.8 Å². The summed E-state index contributed by atoms with van der Waals surface area (Å²) in [4.78, 5) is 25.0. The minimum atomic E-state index is -1.55. The first-order valence-electron chi connectivity index (χ1n) is 8.32. The van der Waals surface area contributed by atoms with Gasteiger partial charge >= 0.3 is 5.97 Å². The topological polar surface area (TPSA) is 67.2 Å². The van der Waals surface area contributed by atoms with E-state index in [9.17, 15) is 14.9 Å². The van der Waals surface area contributed by atoms with Crippen LogP contribution in [0.4, 0.5) is 0 Å². The summed E-state index contributed by atoms with van der Waals surface area (Å²) in [5, 5.41) is 9.81. The van der Waals surface area contributed by atoms with Gasteiger partial charge in [0, 0.05) is 11.8 Å². The van der Waals surface area contributed by atoms with Crippen LogP contribution in [0.1, 0.15) is 47.1 Å². The molecule has 0 aliphatic heterocycles. The maximum Gasteiger partial charge on any atom is 0.331 e. The van der Waals surface area contributed by atoms with E-state index in [0.29, 0.717) is 0 Å². The van der Waals surface area contributed by atoms with Crippen LogP contribution in [0, 0.1) is 22.2 Å². The van der Waals surface area contributed by atoms with E-state index >= 15 is 0 Å². The van der Waals surface area contributed by atoms with E-state index in [1.54, 1.807) is 41.5 Å². The Morgan fingerprint density at radius 3 is 2.08 bits per heavy atom. The fraction of sp³-hybridized carbons (Fsp3) is 0.476. The number of rotatable bonds is 5. The third-order valence-corrected chi connectivity index (χ3v) is 3.55. The molecule has 1 rings (SSSR count). The highest BCUT2D eigenvalue weighted by Crippen LogP contribution is 2.29. The number of nitriles is 1. The molecular formula is C21H27NO3. The van der Waals surface area contributed by atoms with Gasteiger partial charge in [-0.25, -0.2) is 4.79 Å². The number of ketones is 1. The molecule has 134 valence electrons. The molecule has 0 saturated carbocycles. The van der Waals surface area contributed by atoms with Crippen LogP contribution < -0.4 is 0 Å². The summed E-state index contributed by atoms with van der Waals surface area (Å²) in [6, 6.07) is 11.3. The van der Waals surface area contributed by atoms with Crippen molar-refractivity contribution in [1.29, 1.82) is 5.26 Å². The first kappa shape index (κ1) is 20.6. The van der Waals surface area contributed by atoms with Crippen LogP contribution in [0.3, 0.4) is 0 Å². The van der Waals surface area contributed by atoms with Crippen molar-refractivity contribution in [3.8, 4) is 6.07 Å². The number of ether oxygens (including phenoxy) is 1. The zero-order chi connectivity index (χ0) is 19.3. The molecule has 0 unspecified atom stereocenters. The Bertz CT molecular complexity index is 685. The molecule has 4 nitrogen and oxygen atoms in total. The molecule has 0 aliphatic rings. The predicted molar refractivity (Wildman–Crippen MR) is 97.6 cm³/mol. The van der Waals surface area contributed by atoms with Crippen LogP contribution in [0.15, 0.2) is 42.5 Å². The summed E-state index contributed by atoms with van der Waals surface area (Å²) in [5.41, 5.74) is -2.03. The van der Waals surface area contributed by atoms with E-state index in [2.05, 4.69) is 6.07 Å². The predicted octanol–water partition coefficient (Wildman–Crippen LogP) is 4.25. The molecule has 4 heteroatoms. The zero-order valence-corrected chi connectivity index (χ0v) is 15.9. The van der Waals surface area contributed by atoms with E-state index < -0.39 is 22.4 Å². The van der Waals surface area contributed by atoms with Gasteiger partial charge in [-0.2, -0.15) is 5.26 Å². The third-order valence-electron chi connectivity index (χ3n) is 3.55. The van der Waals surface area contributed by atoms with Gasteiger partial charge < -0.3 is 4.74 Å². The number of nitrogens with zero attached hydrogens (tertiary/aromatic N) is 1. The second-order valence-electron chi connectivity index (χ2n) is 8.20. The quantitative estimate of drug-likeness (QED) is 0.593. The molecule has 25 heavy (non-hydrogen) atoms. The number of hydrogen-bond donors (Lipinski definition) is 0. The number of allylic oxidation sites excluding steroid dienone is 1. The minimum absolute atomic E-state index is 0.146. The van der Waals surface area contributed by atoms with Crippen molar-refractivity contribution in [2.45, 2.75) is 53.6 Å². The zero-order valence-electron chi connectivity index (χ0n) is 15.9. The van der Waals surface area contributed by atoms with Gasteiger partial charge in [0.15, 0.2) is 11.2 Å². The summed E-state index contributed by atoms with van der Waals surface area (Å²) < 4.78 is 5.46. The van der Waals surface area contributed by atoms with Gasteiger partial charge in [-0.05, 0) is 38.5 Å². The molecule has 0 saturated heterocycles. The minimum Gasteiger partial charge on any atom is -0.459 e. The Kier molecular flexibility index (Phi) is 6.31. The number of carbonyl (C=O) groups is 2. The molecule has 1 atom stereocenters. The highest BCUT2D eigenvalue weighted by atomic mass is 16.6. The molecule has 0 aromatic heterocycles. The summed E-state index contributed by atoms with van der Waals surface area (Å²) in [5.74, 6) is -0.798. The summed E-state index contributed by atoms with van der Waals surface area (Å²) in [6.45, 7) is 10.6. The van der Waals surface area contributed by atoms with Gasteiger partial charge in [-0.15, -0.1) is 0 Å². The van der Waals surface area contributed by atoms with E-state index in [1.807, 2.05) is 30.3 Å². The molecule has 0 spiro atoms. The fourth-order valence-corrected chi connectivity index (χ4v) is 2.08. The number of esters is 1. The third kappa shape index (κ3) is 6.19. The molecule has 0 fully saturated rings. The van der Waals surface area contributed by atoms with Crippen LogP contribution in [0.5, 0.6) is 0 Å². The molecule has 0 aliphatic carbocycles. The maximum absolute atomic E-state index is 12.8. The lowest BCUT2D eigenvalue weighted by molar-refractivity contribution is -0.161. The van der Waals surface area contributed by atoms with E-state index in [4.69, 9.17) is 4.74 Å². The molecule has 0 bridgehead atoms. The second kappa shape index (κ2) is 7.65. The van der Waals surface area contributed by atoms with E-state index in [-0.39, 0.29) is 12.2 Å². The van der Waals surface area contributed by atoms with Gasteiger partial charge in [0.1, 0.15) is 5.60 Å². The summed E-state index contributed by atoms with van der Waals surface area (Å²) in [6.07, 6.45) is 2.87. The van der Waals surface area contributed by atoms with Crippen molar-refractivity contribution in [2.75, 3.05) is 0 Å². The van der Waals surface area contributed by atoms with Gasteiger partial charge in [0.2, 0.25) is 0 Å². The maximum atomic E-state index is 12.8. The highest BCUT2D eigenvalue weighted by molar-refractivity contribution is 5.95. The second-order valence-corrected chi connectivity index (χ2v) is 8.20. The Morgan fingerprint density at radius 1 is 1.08 bits per heavy atom. The van der Waals surface area contributed by atoms with Crippen molar-refractivity contribution in [1.82, 2.24) is 0 Å². The highest BCUT2D eigenvalue weighted by Gasteiger charge is 2.40. The first-order valence-corrected chi connectivity index (χ1v) is 8.32. The Labute approximate surface area is 150 Å². The van der Waals surface area contributed by atoms with Gasteiger partial charge in [0.25, 0.3) is 0 Å². The monoisotopic (exact) mass is 341 g/mol. The van der Waals surface area contributed by atoms with Crippen molar-refractivity contribution in [2.24, 2.45) is 10.8 Å². The standard InChI is InChI=1S/C21H27NO3/c1-19(2,3)17(23)12-13-21(15-22,18(24)25-20(4,5)6)14-16-10-8-7-9-11-16/h7-13H,14H2,1-6H3/b13-12-/t21-/m0/s1. The molecule has 1 aromatic carbocycles. The lowest BCUT2D eigenvalue weighted by Gasteiger charge is -2.27. The van der Waals surface area contributed by atoms with E-state index in [0.717, 1.165) is 5.56 Å². The number of carbonyl (C=O) groups excluding carboxylic acids is 2. The van der Waals surface area contributed by atoms with Crippen LogP contribution in [-0.4, -0.2) is 17.4 Å². The van der Waals surface area contributed by atoms with Crippen molar-refractivity contribution in [3.05, 3.63) is 48.0 Å². The lowest BCUT2D eigenvalue weighted by Crippen LogP contribution is -2.37. The molecule has 0 N–H and O–H groups in total. The Balaban J connectivity index is 3.28. The van der Waals surface area contributed by atoms with Gasteiger partial charge in [-0.1, -0.05) is 51.1 Å². The largest absolute Gasteiger partial charge is 0.459 e. The average Bonchev–Trinajstić information content (AvgIpc) is 2.49. The fourth-order valence-electron chi connectivity index (χ4n) is 2.08. The van der Waals surface area contributed by atoms with E-state index in [1.165, 1.54) is 12.2 Å². The van der Waals surface area contributed by atoms with Crippen LogP contribution in [0.2, 0.25) is 0 Å². The smallest absolute Gasteiger partial charge is 0.331 e. The van der Waals surface area contributed by atoms with Crippen LogP contribution >= 0.6 is 0 Å². The van der Waals surface area contributed by atoms with Gasteiger partial charge in [-0.3, -0.25) is 4.79 Å². The SMILES string of the molecule is CC(C)(C)OC(=O)[C@@](C#N)(/C=C\C(=O)C(C)(C)C)Cc1ccccc1. The average molecular weight is 341 g/mol. The van der Waals surface area contributed by atoms with Crippen molar-refractivity contribution in [3.63, 3.8) is 0 Å². The summed E-state index contributed by atoms with van der Waals surface area (Å²) in [7, 11) is 0. The molecule has 0 amide bonds. The van der Waals surface area contributed by atoms with Gasteiger partial charge in [0.05, 0.1) is 6.07 Å². The van der Waals surface area contributed by atoms with Crippen LogP contribution in [0.25, 0.3) is 0 Å². The van der Waals surface area contributed by atoms with Crippen LogP contribution in [-0.2, 0) is 20.7 Å². The first-order chi connectivity index (χ1) is 11.4. The summed E-state index contributed by atoms with van der Waals surface area (Å²) >= 11 is 0. The molecular weight excluding hydrogens is 314 g/mol. The van der Waals surface area contributed by atoms with Crippen molar-refractivity contribution < 1.29 is 14.3 Å². The molecule has 0 heterocycles. The molecule has 0 radical (unpaired) electrons. The normalized spacial score (nSPS) is 14.6. The molecule has 1 aromatic rings.